The number of rotatable bonds is 8. The summed E-state index contributed by atoms with van der Waals surface area (Å²) in [5.41, 5.74) is 1.03. The molecule has 0 amide bonds. The number of benzene rings is 1. The van der Waals surface area contributed by atoms with Gasteiger partial charge in [0.25, 0.3) is 5.69 Å². The molecule has 0 unspecified atom stereocenters. The van der Waals surface area contributed by atoms with Crippen LogP contribution in [0.4, 0.5) is 5.69 Å². The number of carbonyl (C=O) groups excluding carboxylic acids is 2. The van der Waals surface area contributed by atoms with Crippen LogP contribution in [0.25, 0.3) is 0 Å². The van der Waals surface area contributed by atoms with E-state index in [-0.39, 0.29) is 24.5 Å². The lowest BCUT2D eigenvalue weighted by Crippen LogP contribution is -2.10. The van der Waals surface area contributed by atoms with Gasteiger partial charge in [-0.05, 0) is 12.5 Å². The predicted octanol–water partition coefficient (Wildman–Crippen LogP) is 2.35. The summed E-state index contributed by atoms with van der Waals surface area (Å²) in [6.45, 7) is 1.59. The van der Waals surface area contributed by atoms with E-state index in [2.05, 4.69) is 0 Å². The average Bonchev–Trinajstić information content (AvgIpc) is 2.38. The zero-order valence-corrected chi connectivity index (χ0v) is 11.9. The smallest absolute Gasteiger partial charge is 0.313 e. The third kappa shape index (κ3) is 6.33. The van der Waals surface area contributed by atoms with Gasteiger partial charge in [-0.2, -0.15) is 11.8 Å². The molecule has 108 valence electrons. The quantitative estimate of drug-likeness (QED) is 0.241. The lowest BCUT2D eigenvalue weighted by Gasteiger charge is -2.04. The molecule has 0 bridgehead atoms. The highest BCUT2D eigenvalue weighted by Gasteiger charge is 2.06. The molecular weight excluding hydrogens is 282 g/mol. The first-order chi connectivity index (χ1) is 9.49. The lowest BCUT2D eigenvalue weighted by atomic mass is 10.2. The van der Waals surface area contributed by atoms with Crippen molar-refractivity contribution in [3.05, 3.63) is 39.9 Å². The molecule has 0 fully saturated rings. The summed E-state index contributed by atoms with van der Waals surface area (Å²) < 4.78 is 4.87. The van der Waals surface area contributed by atoms with Crippen LogP contribution in [0, 0.1) is 10.1 Å². The minimum atomic E-state index is -0.506. The van der Waals surface area contributed by atoms with Gasteiger partial charge in [0.2, 0.25) is 0 Å². The van der Waals surface area contributed by atoms with Crippen LogP contribution in [-0.4, -0.2) is 29.0 Å². The van der Waals surface area contributed by atoms with Crippen LogP contribution >= 0.6 is 11.8 Å². The van der Waals surface area contributed by atoms with Gasteiger partial charge in [0.15, 0.2) is 0 Å². The molecule has 0 aliphatic carbocycles. The van der Waals surface area contributed by atoms with Crippen molar-refractivity contribution in [3.63, 3.8) is 0 Å². The Morgan fingerprint density at radius 2 is 1.95 bits per heavy atom. The van der Waals surface area contributed by atoms with Crippen LogP contribution in [0.5, 0.6) is 0 Å². The van der Waals surface area contributed by atoms with E-state index in [0.29, 0.717) is 11.5 Å². The Morgan fingerprint density at radius 3 is 2.50 bits per heavy atom. The summed E-state index contributed by atoms with van der Waals surface area (Å²) >= 11 is 1.55. The number of esters is 1. The summed E-state index contributed by atoms with van der Waals surface area (Å²) in [7, 11) is 0. The van der Waals surface area contributed by atoms with Crippen LogP contribution in [0.15, 0.2) is 24.3 Å². The topological polar surface area (TPSA) is 86.5 Å². The van der Waals surface area contributed by atoms with Crippen molar-refractivity contribution in [3.8, 4) is 0 Å². The number of carbonyl (C=O) groups is 2. The van der Waals surface area contributed by atoms with Gasteiger partial charge in [0.1, 0.15) is 18.8 Å². The molecule has 0 radical (unpaired) electrons. The standard InChI is InChI=1S/C13H15NO5S/c1-10(15)8-13(16)19-6-7-20-9-11-2-4-12(5-3-11)14(17)18/h2-5H,6-9H2,1H3. The maximum Gasteiger partial charge on any atom is 0.313 e. The first-order valence-corrected chi connectivity index (χ1v) is 7.10. The Morgan fingerprint density at radius 1 is 1.30 bits per heavy atom. The molecule has 0 aromatic heterocycles. The summed E-state index contributed by atoms with van der Waals surface area (Å²) in [4.78, 5) is 31.8. The predicted molar refractivity (Wildman–Crippen MR) is 75.5 cm³/mol. The maximum atomic E-state index is 11.1. The Balaban J connectivity index is 2.19. The van der Waals surface area contributed by atoms with Crippen molar-refractivity contribution in [1.82, 2.24) is 0 Å². The molecule has 0 saturated heterocycles. The van der Waals surface area contributed by atoms with Gasteiger partial charge in [-0.25, -0.2) is 0 Å². The molecule has 1 aromatic rings. The molecule has 7 heteroatoms. The summed E-state index contributed by atoms with van der Waals surface area (Å²) in [5.74, 6) is 0.574. The van der Waals surface area contributed by atoms with Crippen molar-refractivity contribution in [1.29, 1.82) is 0 Å². The van der Waals surface area contributed by atoms with Crippen LogP contribution < -0.4 is 0 Å². The number of ketones is 1. The molecular formula is C13H15NO5S. The highest BCUT2D eigenvalue weighted by atomic mass is 32.2. The van der Waals surface area contributed by atoms with E-state index < -0.39 is 10.9 Å². The minimum Gasteiger partial charge on any atom is -0.464 e. The third-order valence-corrected chi connectivity index (χ3v) is 3.29. The second kappa shape index (κ2) is 8.31. The largest absolute Gasteiger partial charge is 0.464 e. The number of non-ortho nitro benzene ring substituents is 1. The molecule has 0 N–H and O–H groups in total. The number of nitro groups is 1. The van der Waals surface area contributed by atoms with E-state index in [1.807, 2.05) is 0 Å². The van der Waals surface area contributed by atoms with Crippen molar-refractivity contribution >= 4 is 29.2 Å². The fraction of sp³-hybridized carbons (Fsp3) is 0.385. The van der Waals surface area contributed by atoms with Gasteiger partial charge >= 0.3 is 5.97 Å². The number of hydrogen-bond acceptors (Lipinski definition) is 6. The zero-order chi connectivity index (χ0) is 15.0. The molecule has 0 saturated carbocycles. The Kier molecular flexibility index (Phi) is 6.72. The van der Waals surface area contributed by atoms with E-state index in [0.717, 1.165) is 5.56 Å². The number of thioether (sulfide) groups is 1. The Hall–Kier alpha value is -1.89. The first kappa shape index (κ1) is 16.2. The Labute approximate surface area is 120 Å². The number of hydrogen-bond donors (Lipinski definition) is 0. The third-order valence-electron chi connectivity index (χ3n) is 2.30. The van der Waals surface area contributed by atoms with Gasteiger partial charge in [0.05, 0.1) is 4.92 Å². The molecule has 0 aliphatic heterocycles. The van der Waals surface area contributed by atoms with Gasteiger partial charge in [-0.1, -0.05) is 12.1 Å². The summed E-state index contributed by atoms with van der Waals surface area (Å²) in [6.07, 6.45) is -0.187. The Bertz CT molecular complexity index is 486. The highest BCUT2D eigenvalue weighted by Crippen LogP contribution is 2.16. The molecule has 0 heterocycles. The second-order valence-electron chi connectivity index (χ2n) is 4.08. The molecule has 0 aliphatic rings. The molecule has 20 heavy (non-hydrogen) atoms. The van der Waals surface area contributed by atoms with Crippen LogP contribution in [0.3, 0.4) is 0 Å². The van der Waals surface area contributed by atoms with E-state index >= 15 is 0 Å². The van der Waals surface area contributed by atoms with Crippen molar-refractivity contribution < 1.29 is 19.2 Å². The number of ether oxygens (including phenoxy) is 1. The number of Topliss-reactive ketones (excluding diaryl/α,β-unsaturated/α-hetero) is 1. The number of nitro benzene ring substituents is 1. The molecule has 1 rings (SSSR count). The molecule has 1 aromatic carbocycles. The normalized spacial score (nSPS) is 10.1. The molecule has 0 spiro atoms. The lowest BCUT2D eigenvalue weighted by molar-refractivity contribution is -0.384. The summed E-state index contributed by atoms with van der Waals surface area (Å²) in [6, 6.07) is 6.32. The van der Waals surface area contributed by atoms with Crippen LogP contribution in [0.2, 0.25) is 0 Å². The highest BCUT2D eigenvalue weighted by molar-refractivity contribution is 7.98. The van der Waals surface area contributed by atoms with Crippen LogP contribution in [0.1, 0.15) is 18.9 Å². The van der Waals surface area contributed by atoms with Gasteiger partial charge in [0, 0.05) is 23.6 Å². The monoisotopic (exact) mass is 297 g/mol. The second-order valence-corrected chi connectivity index (χ2v) is 5.18. The van der Waals surface area contributed by atoms with Gasteiger partial charge in [-0.3, -0.25) is 19.7 Å². The fourth-order valence-corrected chi connectivity index (χ4v) is 2.15. The van der Waals surface area contributed by atoms with Crippen molar-refractivity contribution in [2.45, 2.75) is 19.1 Å². The summed E-state index contributed by atoms with van der Waals surface area (Å²) in [5, 5.41) is 10.5. The van der Waals surface area contributed by atoms with E-state index in [1.54, 1.807) is 23.9 Å². The minimum absolute atomic E-state index is 0.0666. The molecule has 6 nitrogen and oxygen atoms in total. The van der Waals surface area contributed by atoms with Crippen molar-refractivity contribution in [2.75, 3.05) is 12.4 Å². The maximum absolute atomic E-state index is 11.1. The van der Waals surface area contributed by atoms with E-state index in [1.165, 1.54) is 19.1 Å². The van der Waals surface area contributed by atoms with Gasteiger partial charge < -0.3 is 4.74 Å². The van der Waals surface area contributed by atoms with Gasteiger partial charge in [-0.15, -0.1) is 0 Å². The van der Waals surface area contributed by atoms with Crippen molar-refractivity contribution in [2.24, 2.45) is 0 Å². The molecule has 0 atom stereocenters. The van der Waals surface area contributed by atoms with E-state index in [9.17, 15) is 19.7 Å². The first-order valence-electron chi connectivity index (χ1n) is 5.95. The zero-order valence-electron chi connectivity index (χ0n) is 11.0. The van der Waals surface area contributed by atoms with Crippen LogP contribution in [-0.2, 0) is 20.1 Å². The number of nitrogens with zero attached hydrogens (tertiary/aromatic N) is 1. The average molecular weight is 297 g/mol. The van der Waals surface area contributed by atoms with E-state index in [4.69, 9.17) is 4.74 Å². The SMILES string of the molecule is CC(=O)CC(=O)OCCSCc1ccc([N+](=O)[O-])cc1. The fourth-order valence-electron chi connectivity index (χ4n) is 1.37.